The minimum absolute atomic E-state index is 0.224. The zero-order chi connectivity index (χ0) is 13.8. The molecule has 1 atom stereocenters. The lowest BCUT2D eigenvalue weighted by atomic mass is 9.68. The normalized spacial score (nSPS) is 30.4. The van der Waals surface area contributed by atoms with Gasteiger partial charge in [0.05, 0.1) is 13.2 Å². The van der Waals surface area contributed by atoms with E-state index in [0.717, 1.165) is 26.2 Å². The highest BCUT2D eigenvalue weighted by Crippen LogP contribution is 2.44. The monoisotopic (exact) mass is 280 g/mol. The van der Waals surface area contributed by atoms with Crippen LogP contribution < -0.4 is 5.32 Å². The highest BCUT2D eigenvalue weighted by molar-refractivity contribution is 5.77. The molecule has 4 nitrogen and oxygen atoms in total. The third-order valence-corrected chi connectivity index (χ3v) is 5.51. The van der Waals surface area contributed by atoms with Crippen molar-refractivity contribution in [3.05, 3.63) is 0 Å². The number of amides is 1. The maximum Gasteiger partial charge on any atom is 0.224 e. The number of hydrogen-bond acceptors (Lipinski definition) is 3. The van der Waals surface area contributed by atoms with E-state index >= 15 is 0 Å². The van der Waals surface area contributed by atoms with E-state index < -0.39 is 0 Å². The third kappa shape index (κ3) is 3.34. The number of nitrogens with zero attached hydrogens (tertiary/aromatic N) is 1. The molecule has 3 rings (SSSR count). The summed E-state index contributed by atoms with van der Waals surface area (Å²) in [4.78, 5) is 14.5. The fraction of sp³-hybridized carbons (Fsp3) is 0.938. The van der Waals surface area contributed by atoms with Gasteiger partial charge in [-0.2, -0.15) is 0 Å². The summed E-state index contributed by atoms with van der Waals surface area (Å²) < 4.78 is 5.43. The summed E-state index contributed by atoms with van der Waals surface area (Å²) in [6.45, 7) is 4.29. The molecule has 1 aliphatic carbocycles. The number of morpholine rings is 1. The molecular formula is C16H28N2O2. The number of likely N-dealkylation sites (tertiary alicyclic amines) is 1. The Morgan fingerprint density at radius 2 is 1.90 bits per heavy atom. The van der Waals surface area contributed by atoms with Gasteiger partial charge < -0.3 is 15.0 Å². The Kier molecular flexibility index (Phi) is 4.61. The quantitative estimate of drug-likeness (QED) is 0.840. The number of ether oxygens (including phenoxy) is 1. The number of carbonyl (C=O) groups is 1. The summed E-state index contributed by atoms with van der Waals surface area (Å²) in [6, 6.07) is 0.224. The molecule has 2 heterocycles. The SMILES string of the molecule is O=C(CC1COCCN1)N1CCC2(CCCCC2)CC1. The van der Waals surface area contributed by atoms with Crippen LogP contribution in [0, 0.1) is 5.41 Å². The molecular weight excluding hydrogens is 252 g/mol. The Balaban J connectivity index is 1.46. The van der Waals surface area contributed by atoms with Gasteiger partial charge in [0, 0.05) is 32.1 Å². The maximum atomic E-state index is 12.4. The largest absolute Gasteiger partial charge is 0.378 e. The molecule has 0 aromatic rings. The lowest BCUT2D eigenvalue weighted by Crippen LogP contribution is -2.48. The Morgan fingerprint density at radius 3 is 2.55 bits per heavy atom. The van der Waals surface area contributed by atoms with Gasteiger partial charge in [-0.25, -0.2) is 0 Å². The molecule has 1 amide bonds. The van der Waals surface area contributed by atoms with Gasteiger partial charge >= 0.3 is 0 Å². The van der Waals surface area contributed by atoms with Gasteiger partial charge in [0.15, 0.2) is 0 Å². The Labute approximate surface area is 122 Å². The van der Waals surface area contributed by atoms with E-state index in [0.29, 0.717) is 24.3 Å². The highest BCUT2D eigenvalue weighted by atomic mass is 16.5. The van der Waals surface area contributed by atoms with Gasteiger partial charge in [0.25, 0.3) is 0 Å². The van der Waals surface area contributed by atoms with Crippen LogP contribution in [-0.2, 0) is 9.53 Å². The molecule has 1 spiro atoms. The van der Waals surface area contributed by atoms with Crippen LogP contribution in [0.4, 0.5) is 0 Å². The van der Waals surface area contributed by atoms with E-state index in [1.54, 1.807) is 0 Å². The maximum absolute atomic E-state index is 12.4. The lowest BCUT2D eigenvalue weighted by molar-refractivity contribution is -0.135. The first-order chi connectivity index (χ1) is 9.77. The topological polar surface area (TPSA) is 41.6 Å². The van der Waals surface area contributed by atoms with Crippen molar-refractivity contribution in [1.29, 1.82) is 0 Å². The molecule has 114 valence electrons. The second-order valence-corrected chi connectivity index (χ2v) is 6.87. The molecule has 0 bridgehead atoms. The molecule has 0 aromatic heterocycles. The van der Waals surface area contributed by atoms with Crippen LogP contribution in [0.3, 0.4) is 0 Å². The summed E-state index contributed by atoms with van der Waals surface area (Å²) in [6.07, 6.45) is 10.1. The first-order valence-electron chi connectivity index (χ1n) is 8.36. The third-order valence-electron chi connectivity index (χ3n) is 5.51. The molecule has 1 saturated carbocycles. The minimum Gasteiger partial charge on any atom is -0.378 e. The van der Waals surface area contributed by atoms with Crippen LogP contribution in [0.25, 0.3) is 0 Å². The molecule has 2 saturated heterocycles. The van der Waals surface area contributed by atoms with Crippen molar-refractivity contribution >= 4 is 5.91 Å². The number of nitrogens with one attached hydrogen (secondary N) is 1. The van der Waals surface area contributed by atoms with Crippen LogP contribution in [0.2, 0.25) is 0 Å². The number of rotatable bonds is 2. The summed E-state index contributed by atoms with van der Waals surface area (Å²) in [5.74, 6) is 0.318. The smallest absolute Gasteiger partial charge is 0.224 e. The van der Waals surface area contributed by atoms with Crippen LogP contribution >= 0.6 is 0 Å². The van der Waals surface area contributed by atoms with Crippen molar-refractivity contribution in [3.63, 3.8) is 0 Å². The Morgan fingerprint density at radius 1 is 1.15 bits per heavy atom. The molecule has 2 aliphatic heterocycles. The van der Waals surface area contributed by atoms with E-state index in [-0.39, 0.29) is 6.04 Å². The fourth-order valence-corrected chi connectivity index (χ4v) is 4.12. The molecule has 4 heteroatoms. The first-order valence-corrected chi connectivity index (χ1v) is 8.36. The van der Waals surface area contributed by atoms with E-state index in [2.05, 4.69) is 10.2 Å². The molecule has 3 fully saturated rings. The minimum atomic E-state index is 0.224. The number of carbonyl (C=O) groups excluding carboxylic acids is 1. The van der Waals surface area contributed by atoms with Crippen LogP contribution in [0.1, 0.15) is 51.4 Å². The van der Waals surface area contributed by atoms with Gasteiger partial charge in [-0.15, -0.1) is 0 Å². The zero-order valence-corrected chi connectivity index (χ0v) is 12.5. The number of hydrogen-bond donors (Lipinski definition) is 1. The summed E-state index contributed by atoms with van der Waals surface area (Å²) in [7, 11) is 0. The standard InChI is InChI=1S/C16H28N2O2/c19-15(12-14-13-20-11-8-17-14)18-9-6-16(7-10-18)4-2-1-3-5-16/h14,17H,1-13H2. The predicted molar refractivity (Wildman–Crippen MR) is 78.6 cm³/mol. The summed E-state index contributed by atoms with van der Waals surface area (Å²) in [5.41, 5.74) is 0.585. The van der Waals surface area contributed by atoms with Gasteiger partial charge in [0.2, 0.25) is 5.91 Å². The molecule has 20 heavy (non-hydrogen) atoms. The Bertz CT molecular complexity index is 323. The molecule has 1 N–H and O–H groups in total. The Hall–Kier alpha value is -0.610. The second-order valence-electron chi connectivity index (χ2n) is 6.87. The van der Waals surface area contributed by atoms with E-state index in [9.17, 15) is 4.79 Å². The van der Waals surface area contributed by atoms with Gasteiger partial charge in [0.1, 0.15) is 0 Å². The van der Waals surface area contributed by atoms with Crippen LogP contribution in [0.15, 0.2) is 0 Å². The van der Waals surface area contributed by atoms with Crippen molar-refractivity contribution in [2.24, 2.45) is 5.41 Å². The van der Waals surface area contributed by atoms with Crippen LogP contribution in [0.5, 0.6) is 0 Å². The van der Waals surface area contributed by atoms with Gasteiger partial charge in [-0.1, -0.05) is 19.3 Å². The van der Waals surface area contributed by atoms with Crippen molar-refractivity contribution in [1.82, 2.24) is 10.2 Å². The molecule has 0 radical (unpaired) electrons. The molecule has 0 aromatic carbocycles. The highest BCUT2D eigenvalue weighted by Gasteiger charge is 2.36. The van der Waals surface area contributed by atoms with Crippen molar-refractivity contribution in [3.8, 4) is 0 Å². The predicted octanol–water partition coefficient (Wildman–Crippen LogP) is 1.94. The lowest BCUT2D eigenvalue weighted by Gasteiger charge is -2.44. The van der Waals surface area contributed by atoms with E-state index in [1.165, 1.54) is 44.9 Å². The average molecular weight is 280 g/mol. The van der Waals surface area contributed by atoms with Gasteiger partial charge in [-0.05, 0) is 31.1 Å². The van der Waals surface area contributed by atoms with Crippen LogP contribution in [-0.4, -0.2) is 49.7 Å². The fourth-order valence-electron chi connectivity index (χ4n) is 4.12. The van der Waals surface area contributed by atoms with E-state index in [4.69, 9.17) is 4.74 Å². The van der Waals surface area contributed by atoms with Crippen molar-refractivity contribution < 1.29 is 9.53 Å². The zero-order valence-electron chi connectivity index (χ0n) is 12.5. The van der Waals surface area contributed by atoms with Crippen molar-refractivity contribution in [2.45, 2.75) is 57.4 Å². The second kappa shape index (κ2) is 6.44. The number of piperidine rings is 1. The van der Waals surface area contributed by atoms with Gasteiger partial charge in [-0.3, -0.25) is 4.79 Å². The van der Waals surface area contributed by atoms with E-state index in [1.807, 2.05) is 0 Å². The molecule has 1 unspecified atom stereocenters. The summed E-state index contributed by atoms with van der Waals surface area (Å²) in [5, 5.41) is 3.37. The summed E-state index contributed by atoms with van der Waals surface area (Å²) >= 11 is 0. The average Bonchev–Trinajstić information content (AvgIpc) is 2.50. The van der Waals surface area contributed by atoms with Crippen molar-refractivity contribution in [2.75, 3.05) is 32.8 Å². The first kappa shape index (κ1) is 14.3. The molecule has 3 aliphatic rings.